The van der Waals surface area contributed by atoms with Crippen LogP contribution in [0.25, 0.3) is 6.08 Å². The highest BCUT2D eigenvalue weighted by atomic mass is 16.7. The summed E-state index contributed by atoms with van der Waals surface area (Å²) in [5.74, 6) is -0.328. The molecule has 1 N–H and O–H groups in total. The molecule has 1 aromatic rings. The Labute approximate surface area is 150 Å². The van der Waals surface area contributed by atoms with Crippen LogP contribution in [0.2, 0.25) is 0 Å². The van der Waals surface area contributed by atoms with E-state index < -0.39 is 23.4 Å². The SMILES string of the molecule is CC(C)[C@H](C)NC(=O)COC(=O)/C=C/c1cc2c(cc1[N+](=O)[O-])OCO2. The minimum Gasteiger partial charge on any atom is -0.454 e. The van der Waals surface area contributed by atoms with Gasteiger partial charge < -0.3 is 19.5 Å². The Kier molecular flexibility index (Phi) is 6.16. The molecule has 2 rings (SSSR count). The number of nitro benzene ring substituents is 1. The third-order valence-corrected chi connectivity index (χ3v) is 3.85. The molecule has 26 heavy (non-hydrogen) atoms. The summed E-state index contributed by atoms with van der Waals surface area (Å²) in [6, 6.07) is 2.59. The van der Waals surface area contributed by atoms with E-state index >= 15 is 0 Å². The number of rotatable bonds is 7. The van der Waals surface area contributed by atoms with Crippen LogP contribution in [-0.4, -0.2) is 36.2 Å². The molecule has 1 atom stereocenters. The van der Waals surface area contributed by atoms with Gasteiger partial charge in [-0.25, -0.2) is 4.79 Å². The zero-order chi connectivity index (χ0) is 19.3. The van der Waals surface area contributed by atoms with Crippen molar-refractivity contribution < 1.29 is 28.7 Å². The Morgan fingerprint density at radius 3 is 2.58 bits per heavy atom. The highest BCUT2D eigenvalue weighted by Crippen LogP contribution is 2.38. The van der Waals surface area contributed by atoms with E-state index in [0.29, 0.717) is 5.75 Å². The van der Waals surface area contributed by atoms with Crippen LogP contribution >= 0.6 is 0 Å². The zero-order valence-corrected chi connectivity index (χ0v) is 14.7. The average Bonchev–Trinajstić information content (AvgIpc) is 3.04. The van der Waals surface area contributed by atoms with Gasteiger partial charge in [-0.3, -0.25) is 14.9 Å². The fourth-order valence-corrected chi connectivity index (χ4v) is 2.04. The first kappa shape index (κ1) is 19.2. The van der Waals surface area contributed by atoms with Crippen LogP contribution in [0, 0.1) is 16.0 Å². The van der Waals surface area contributed by atoms with Crippen LogP contribution in [-0.2, 0) is 14.3 Å². The average molecular weight is 364 g/mol. The number of benzene rings is 1. The Morgan fingerprint density at radius 2 is 1.96 bits per heavy atom. The van der Waals surface area contributed by atoms with Gasteiger partial charge >= 0.3 is 5.97 Å². The number of nitro groups is 1. The van der Waals surface area contributed by atoms with Gasteiger partial charge in [0.25, 0.3) is 11.6 Å². The maximum Gasteiger partial charge on any atom is 0.331 e. The van der Waals surface area contributed by atoms with Crippen molar-refractivity contribution in [2.24, 2.45) is 5.92 Å². The Balaban J connectivity index is 1.98. The number of nitrogens with zero attached hydrogens (tertiary/aromatic N) is 1. The van der Waals surface area contributed by atoms with E-state index in [1.807, 2.05) is 20.8 Å². The van der Waals surface area contributed by atoms with E-state index in [-0.39, 0.29) is 35.8 Å². The maximum absolute atomic E-state index is 11.7. The largest absolute Gasteiger partial charge is 0.454 e. The van der Waals surface area contributed by atoms with Gasteiger partial charge in [-0.2, -0.15) is 0 Å². The first-order valence-electron chi connectivity index (χ1n) is 8.00. The summed E-state index contributed by atoms with van der Waals surface area (Å²) in [5, 5.41) is 13.8. The number of hydrogen-bond donors (Lipinski definition) is 1. The number of fused-ring (bicyclic) bond motifs is 1. The molecule has 0 radical (unpaired) electrons. The predicted molar refractivity (Wildman–Crippen MR) is 91.7 cm³/mol. The van der Waals surface area contributed by atoms with Crippen LogP contribution in [0.15, 0.2) is 18.2 Å². The lowest BCUT2D eigenvalue weighted by Gasteiger charge is -2.16. The zero-order valence-electron chi connectivity index (χ0n) is 14.7. The highest BCUT2D eigenvalue weighted by Gasteiger charge is 2.22. The van der Waals surface area contributed by atoms with E-state index in [1.54, 1.807) is 0 Å². The van der Waals surface area contributed by atoms with Gasteiger partial charge in [-0.05, 0) is 25.0 Å². The fraction of sp³-hybridized carbons (Fsp3) is 0.412. The third kappa shape index (κ3) is 4.95. The molecule has 0 saturated carbocycles. The van der Waals surface area contributed by atoms with Crippen LogP contribution in [0.5, 0.6) is 11.5 Å². The lowest BCUT2D eigenvalue weighted by atomic mass is 10.1. The van der Waals surface area contributed by atoms with Crippen molar-refractivity contribution in [3.05, 3.63) is 33.9 Å². The number of esters is 1. The van der Waals surface area contributed by atoms with Crippen LogP contribution in [0.1, 0.15) is 26.3 Å². The second-order valence-corrected chi connectivity index (χ2v) is 6.06. The summed E-state index contributed by atoms with van der Waals surface area (Å²) >= 11 is 0. The van der Waals surface area contributed by atoms with E-state index in [2.05, 4.69) is 5.32 Å². The fourth-order valence-electron chi connectivity index (χ4n) is 2.04. The van der Waals surface area contributed by atoms with Gasteiger partial charge in [-0.15, -0.1) is 0 Å². The van der Waals surface area contributed by atoms with Crippen LogP contribution in [0.3, 0.4) is 0 Å². The molecule has 1 aromatic carbocycles. The molecule has 1 aliphatic rings. The van der Waals surface area contributed by atoms with Gasteiger partial charge in [0.15, 0.2) is 18.1 Å². The second kappa shape index (κ2) is 8.32. The van der Waals surface area contributed by atoms with Crippen molar-refractivity contribution in [2.75, 3.05) is 13.4 Å². The van der Waals surface area contributed by atoms with Crippen molar-refractivity contribution in [3.63, 3.8) is 0 Å². The standard InChI is InChI=1S/C17H20N2O7/c1-10(2)11(3)18-16(20)8-24-17(21)5-4-12-6-14-15(26-9-25-14)7-13(12)19(22)23/h4-7,10-11H,8-9H2,1-3H3,(H,18,20)/b5-4+/t11-/m0/s1. The summed E-state index contributed by atoms with van der Waals surface area (Å²) in [5.41, 5.74) is -0.0733. The monoisotopic (exact) mass is 364 g/mol. The van der Waals surface area contributed by atoms with E-state index in [4.69, 9.17) is 14.2 Å². The topological polar surface area (TPSA) is 117 Å². The predicted octanol–water partition coefficient (Wildman–Crippen LogP) is 2.04. The number of amides is 1. The minimum atomic E-state index is -0.788. The molecular weight excluding hydrogens is 344 g/mol. The number of carbonyl (C=O) groups is 2. The van der Waals surface area contributed by atoms with Gasteiger partial charge in [0.1, 0.15) is 0 Å². The first-order valence-corrected chi connectivity index (χ1v) is 8.00. The molecule has 0 unspecified atom stereocenters. The summed E-state index contributed by atoms with van der Waals surface area (Å²) in [4.78, 5) is 34.0. The molecule has 0 saturated heterocycles. The van der Waals surface area contributed by atoms with Crippen molar-refractivity contribution in [1.29, 1.82) is 0 Å². The molecule has 0 aliphatic carbocycles. The van der Waals surface area contributed by atoms with Crippen molar-refractivity contribution in [2.45, 2.75) is 26.8 Å². The quantitative estimate of drug-likeness (QED) is 0.340. The lowest BCUT2D eigenvalue weighted by molar-refractivity contribution is -0.385. The molecule has 9 nitrogen and oxygen atoms in total. The summed E-state index contributed by atoms with van der Waals surface area (Å²) < 4.78 is 15.1. The molecule has 0 aromatic heterocycles. The number of carbonyl (C=O) groups excluding carboxylic acids is 2. The third-order valence-electron chi connectivity index (χ3n) is 3.85. The molecular formula is C17H20N2O7. The van der Waals surface area contributed by atoms with Crippen LogP contribution < -0.4 is 14.8 Å². The van der Waals surface area contributed by atoms with Crippen molar-refractivity contribution in [3.8, 4) is 11.5 Å². The molecule has 140 valence electrons. The van der Waals surface area contributed by atoms with Gasteiger partial charge in [0, 0.05) is 12.1 Å². The Bertz CT molecular complexity index is 743. The minimum absolute atomic E-state index is 0.0222. The second-order valence-electron chi connectivity index (χ2n) is 6.06. The number of ether oxygens (including phenoxy) is 3. The highest BCUT2D eigenvalue weighted by molar-refractivity contribution is 5.90. The van der Waals surface area contributed by atoms with Gasteiger partial charge in [0.2, 0.25) is 6.79 Å². The summed E-state index contributed by atoms with van der Waals surface area (Å²) in [7, 11) is 0. The number of nitrogens with one attached hydrogen (secondary N) is 1. The molecule has 0 spiro atoms. The van der Waals surface area contributed by atoms with E-state index in [9.17, 15) is 19.7 Å². The van der Waals surface area contributed by atoms with Gasteiger partial charge in [-0.1, -0.05) is 13.8 Å². The Hall–Kier alpha value is -3.10. The van der Waals surface area contributed by atoms with E-state index in [1.165, 1.54) is 18.2 Å². The molecule has 9 heteroatoms. The Morgan fingerprint density at radius 1 is 1.31 bits per heavy atom. The van der Waals surface area contributed by atoms with E-state index in [0.717, 1.165) is 6.08 Å². The summed E-state index contributed by atoms with van der Waals surface area (Å²) in [6.45, 7) is 5.31. The normalized spacial score (nSPS) is 13.7. The lowest BCUT2D eigenvalue weighted by Crippen LogP contribution is -2.38. The number of hydrogen-bond acceptors (Lipinski definition) is 7. The van der Waals surface area contributed by atoms with Crippen molar-refractivity contribution in [1.82, 2.24) is 5.32 Å². The summed E-state index contributed by atoms with van der Waals surface area (Å²) in [6.07, 6.45) is 2.25. The molecule has 0 bridgehead atoms. The molecule has 1 aliphatic heterocycles. The van der Waals surface area contributed by atoms with Gasteiger partial charge in [0.05, 0.1) is 16.6 Å². The molecule has 1 amide bonds. The van der Waals surface area contributed by atoms with Crippen LogP contribution in [0.4, 0.5) is 5.69 Å². The maximum atomic E-state index is 11.7. The smallest absolute Gasteiger partial charge is 0.331 e. The molecule has 1 heterocycles. The van der Waals surface area contributed by atoms with Crippen molar-refractivity contribution >= 4 is 23.6 Å². The first-order chi connectivity index (χ1) is 12.3. The molecule has 0 fully saturated rings.